The predicted octanol–water partition coefficient (Wildman–Crippen LogP) is 2.53. The van der Waals surface area contributed by atoms with Gasteiger partial charge in [0.2, 0.25) is 0 Å². The van der Waals surface area contributed by atoms with Gasteiger partial charge in [-0.1, -0.05) is 33.1 Å². The maximum absolute atomic E-state index is 11.4. The van der Waals surface area contributed by atoms with Crippen molar-refractivity contribution in [3.05, 3.63) is 0 Å². The Morgan fingerprint density at radius 1 is 1.29 bits per heavy atom. The molecule has 3 nitrogen and oxygen atoms in total. The van der Waals surface area contributed by atoms with E-state index in [0.29, 0.717) is 18.8 Å². The van der Waals surface area contributed by atoms with Gasteiger partial charge >= 0.3 is 0 Å². The van der Waals surface area contributed by atoms with Crippen molar-refractivity contribution >= 4 is 9.84 Å². The van der Waals surface area contributed by atoms with Crippen molar-refractivity contribution in [2.45, 2.75) is 64.4 Å². The molecule has 102 valence electrons. The lowest BCUT2D eigenvalue weighted by Crippen LogP contribution is -2.40. The fourth-order valence-corrected chi connectivity index (χ4v) is 3.82. The fraction of sp³-hybridized carbons (Fsp3) is 1.00. The molecule has 0 aromatic heterocycles. The minimum atomic E-state index is -2.88. The maximum atomic E-state index is 11.4. The molecule has 1 saturated carbocycles. The van der Waals surface area contributed by atoms with E-state index in [9.17, 15) is 13.5 Å². The maximum Gasteiger partial charge on any atom is 0.150 e. The summed E-state index contributed by atoms with van der Waals surface area (Å²) in [6, 6.07) is 0. The van der Waals surface area contributed by atoms with Crippen LogP contribution >= 0.6 is 0 Å². The van der Waals surface area contributed by atoms with E-state index in [1.165, 1.54) is 6.42 Å². The third-order valence-electron chi connectivity index (χ3n) is 4.17. The molecule has 1 fully saturated rings. The van der Waals surface area contributed by atoms with E-state index >= 15 is 0 Å². The van der Waals surface area contributed by atoms with Crippen LogP contribution in [-0.2, 0) is 9.84 Å². The second kappa shape index (κ2) is 6.19. The molecule has 2 unspecified atom stereocenters. The van der Waals surface area contributed by atoms with Crippen LogP contribution in [-0.4, -0.2) is 30.6 Å². The largest absolute Gasteiger partial charge is 0.390 e. The van der Waals surface area contributed by atoms with Crippen LogP contribution in [0.4, 0.5) is 0 Å². The lowest BCUT2D eigenvalue weighted by atomic mass is 9.72. The molecule has 0 amide bonds. The van der Waals surface area contributed by atoms with Crippen LogP contribution < -0.4 is 0 Å². The number of rotatable bonds is 6. The average molecular weight is 262 g/mol. The topological polar surface area (TPSA) is 54.4 Å². The molecule has 2 atom stereocenters. The summed E-state index contributed by atoms with van der Waals surface area (Å²) in [6.45, 7) is 3.79. The van der Waals surface area contributed by atoms with Crippen molar-refractivity contribution in [3.63, 3.8) is 0 Å². The monoisotopic (exact) mass is 262 g/mol. The molecule has 1 rings (SSSR count). The van der Waals surface area contributed by atoms with Gasteiger partial charge in [-0.05, 0) is 31.6 Å². The number of sulfone groups is 1. The first-order valence-electron chi connectivity index (χ1n) is 6.86. The van der Waals surface area contributed by atoms with Gasteiger partial charge in [0, 0.05) is 5.75 Å². The van der Waals surface area contributed by atoms with Gasteiger partial charge in [0.1, 0.15) is 9.84 Å². The van der Waals surface area contributed by atoms with Gasteiger partial charge in [-0.25, -0.2) is 8.42 Å². The zero-order valence-corrected chi connectivity index (χ0v) is 11.9. The predicted molar refractivity (Wildman–Crippen MR) is 70.8 cm³/mol. The molecule has 1 aliphatic carbocycles. The van der Waals surface area contributed by atoms with Crippen molar-refractivity contribution < 1.29 is 13.5 Å². The highest BCUT2D eigenvalue weighted by Crippen LogP contribution is 2.38. The fourth-order valence-electron chi connectivity index (χ4n) is 2.95. The van der Waals surface area contributed by atoms with E-state index in [-0.39, 0.29) is 11.5 Å². The molecular weight excluding hydrogens is 236 g/mol. The average Bonchev–Trinajstić information content (AvgIpc) is 2.29. The third kappa shape index (κ3) is 4.25. The number of hydrogen-bond donors (Lipinski definition) is 1. The highest BCUT2D eigenvalue weighted by Gasteiger charge is 2.37. The van der Waals surface area contributed by atoms with Crippen molar-refractivity contribution in [2.75, 3.05) is 11.5 Å². The Hall–Kier alpha value is -0.0900. The molecule has 0 bridgehead atoms. The van der Waals surface area contributed by atoms with Crippen molar-refractivity contribution in [1.29, 1.82) is 0 Å². The minimum absolute atomic E-state index is 0.211. The van der Waals surface area contributed by atoms with Gasteiger partial charge in [0.25, 0.3) is 0 Å². The summed E-state index contributed by atoms with van der Waals surface area (Å²) < 4.78 is 22.8. The van der Waals surface area contributed by atoms with E-state index in [0.717, 1.165) is 25.7 Å². The van der Waals surface area contributed by atoms with Crippen LogP contribution in [0.15, 0.2) is 0 Å². The summed E-state index contributed by atoms with van der Waals surface area (Å²) >= 11 is 0. The van der Waals surface area contributed by atoms with Gasteiger partial charge in [-0.15, -0.1) is 0 Å². The summed E-state index contributed by atoms with van der Waals surface area (Å²) in [5.74, 6) is 0.797. The Labute approximate surface area is 106 Å². The minimum Gasteiger partial charge on any atom is -0.390 e. The van der Waals surface area contributed by atoms with Gasteiger partial charge in [-0.2, -0.15) is 0 Å². The number of aliphatic hydroxyl groups is 1. The highest BCUT2D eigenvalue weighted by atomic mass is 32.2. The van der Waals surface area contributed by atoms with Crippen LogP contribution in [0, 0.1) is 5.92 Å². The summed E-state index contributed by atoms with van der Waals surface area (Å²) in [6.07, 6.45) is 6.46. The van der Waals surface area contributed by atoms with E-state index in [1.54, 1.807) is 6.92 Å². The Morgan fingerprint density at radius 2 is 2.00 bits per heavy atom. The molecule has 0 saturated heterocycles. The first-order valence-corrected chi connectivity index (χ1v) is 8.68. The quantitative estimate of drug-likeness (QED) is 0.800. The molecule has 0 spiro atoms. The van der Waals surface area contributed by atoms with Crippen LogP contribution in [0.2, 0.25) is 0 Å². The van der Waals surface area contributed by atoms with Crippen LogP contribution in [0.3, 0.4) is 0 Å². The van der Waals surface area contributed by atoms with Crippen LogP contribution in [0.25, 0.3) is 0 Å². The molecule has 0 aliphatic heterocycles. The highest BCUT2D eigenvalue weighted by molar-refractivity contribution is 7.91. The van der Waals surface area contributed by atoms with Gasteiger partial charge in [0.15, 0.2) is 0 Å². The summed E-state index contributed by atoms with van der Waals surface area (Å²) in [5.41, 5.74) is -0.601. The van der Waals surface area contributed by atoms with Gasteiger partial charge < -0.3 is 5.11 Å². The zero-order chi connectivity index (χ0) is 12.9. The Morgan fingerprint density at radius 3 is 2.59 bits per heavy atom. The van der Waals surface area contributed by atoms with Gasteiger partial charge in [0.05, 0.1) is 11.4 Å². The Balaban J connectivity index is 2.48. The molecular formula is C13H26O3S. The Bertz CT molecular complexity index is 324. The molecule has 0 aromatic carbocycles. The van der Waals surface area contributed by atoms with Crippen LogP contribution in [0.1, 0.15) is 58.8 Å². The molecule has 0 heterocycles. The van der Waals surface area contributed by atoms with E-state index in [2.05, 4.69) is 6.92 Å². The molecule has 1 aliphatic rings. The number of hydrogen-bond acceptors (Lipinski definition) is 3. The van der Waals surface area contributed by atoms with Crippen LogP contribution in [0.5, 0.6) is 0 Å². The molecule has 0 aromatic rings. The zero-order valence-electron chi connectivity index (χ0n) is 11.1. The van der Waals surface area contributed by atoms with Crippen molar-refractivity contribution in [2.24, 2.45) is 5.92 Å². The summed E-state index contributed by atoms with van der Waals surface area (Å²) in [5, 5.41) is 10.6. The second-order valence-corrected chi connectivity index (χ2v) is 7.77. The third-order valence-corrected chi connectivity index (χ3v) is 5.96. The second-order valence-electron chi connectivity index (χ2n) is 5.29. The molecule has 17 heavy (non-hydrogen) atoms. The lowest BCUT2D eigenvalue weighted by molar-refractivity contribution is -0.0565. The smallest absolute Gasteiger partial charge is 0.150 e. The van der Waals surface area contributed by atoms with E-state index in [1.807, 2.05) is 0 Å². The first-order chi connectivity index (χ1) is 7.93. The summed E-state index contributed by atoms with van der Waals surface area (Å²) in [7, 11) is -2.88. The van der Waals surface area contributed by atoms with E-state index < -0.39 is 15.4 Å². The molecule has 1 N–H and O–H groups in total. The lowest BCUT2D eigenvalue weighted by Gasteiger charge is -2.40. The standard InChI is InChI=1S/C13H26O3S/c1-3-12-8-5-6-9-13(12,14)10-7-11-17(15,16)4-2/h12,14H,3-11H2,1-2H3. The van der Waals surface area contributed by atoms with Gasteiger partial charge in [-0.3, -0.25) is 0 Å². The van der Waals surface area contributed by atoms with E-state index in [4.69, 9.17) is 0 Å². The normalized spacial score (nSPS) is 30.4. The van der Waals surface area contributed by atoms with Crippen molar-refractivity contribution in [1.82, 2.24) is 0 Å². The van der Waals surface area contributed by atoms with Crippen molar-refractivity contribution in [3.8, 4) is 0 Å². The molecule has 4 heteroatoms. The molecule has 0 radical (unpaired) electrons. The first kappa shape index (κ1) is 15.0. The summed E-state index contributed by atoms with van der Waals surface area (Å²) in [4.78, 5) is 0. The Kier molecular flexibility index (Phi) is 5.45. The SMILES string of the molecule is CCC1CCCCC1(O)CCCS(=O)(=O)CC.